The molecule has 3 aromatic rings. The molecule has 2 heterocycles. The van der Waals surface area contributed by atoms with Crippen LogP contribution in [0.1, 0.15) is 50.4 Å². The number of carbonyl (C=O) groups excluding carboxylic acids is 2. The van der Waals surface area contributed by atoms with Crippen LogP contribution in [0.2, 0.25) is 0 Å². The minimum atomic E-state index is -4.01. The number of methoxy groups -OCH3 is 1. The number of carbonyl (C=O) groups is 2. The van der Waals surface area contributed by atoms with Crippen molar-refractivity contribution < 1.29 is 46.8 Å². The molecule has 52 heavy (non-hydrogen) atoms. The van der Waals surface area contributed by atoms with Gasteiger partial charge in [-0.25, -0.2) is 13.2 Å². The van der Waals surface area contributed by atoms with Crippen LogP contribution in [-0.2, 0) is 14.8 Å². The topological polar surface area (TPSA) is 165 Å². The Kier molecular flexibility index (Phi) is 12.7. The third-order valence-electron chi connectivity index (χ3n) is 9.10. The van der Waals surface area contributed by atoms with E-state index in [4.69, 9.17) is 23.7 Å². The van der Waals surface area contributed by atoms with Gasteiger partial charge in [-0.3, -0.25) is 9.52 Å². The summed E-state index contributed by atoms with van der Waals surface area (Å²) in [6.07, 6.45) is 1.49. The van der Waals surface area contributed by atoms with Crippen molar-refractivity contribution in [1.29, 1.82) is 0 Å². The summed E-state index contributed by atoms with van der Waals surface area (Å²) in [5, 5.41) is 13.2. The van der Waals surface area contributed by atoms with E-state index in [1.54, 1.807) is 56.4 Å². The minimum Gasteiger partial charge on any atom is -0.497 e. The van der Waals surface area contributed by atoms with Crippen molar-refractivity contribution in [3.05, 3.63) is 66.2 Å². The maximum absolute atomic E-state index is 14.4. The number of likely N-dealkylation sites (N-methyl/N-ethyl adjacent to an activating group) is 1. The van der Waals surface area contributed by atoms with Gasteiger partial charge in [0.15, 0.2) is 11.5 Å². The summed E-state index contributed by atoms with van der Waals surface area (Å²) >= 11 is 0. The van der Waals surface area contributed by atoms with Crippen LogP contribution in [0.3, 0.4) is 0 Å². The number of sulfonamides is 1. The van der Waals surface area contributed by atoms with Gasteiger partial charge in [0.1, 0.15) is 11.5 Å². The van der Waals surface area contributed by atoms with Gasteiger partial charge in [0.05, 0.1) is 42.4 Å². The molecule has 0 unspecified atom stereocenters. The Hall–Kier alpha value is -4.73. The second-order valence-electron chi connectivity index (χ2n) is 13.2. The molecule has 0 spiro atoms. The maximum Gasteiger partial charge on any atom is 0.321 e. The van der Waals surface area contributed by atoms with Gasteiger partial charge in [0, 0.05) is 50.1 Å². The molecule has 0 saturated heterocycles. The molecule has 0 aromatic heterocycles. The van der Waals surface area contributed by atoms with Gasteiger partial charge in [0.25, 0.3) is 15.9 Å². The van der Waals surface area contributed by atoms with Gasteiger partial charge >= 0.3 is 6.03 Å². The van der Waals surface area contributed by atoms with Gasteiger partial charge in [-0.1, -0.05) is 6.92 Å². The number of hydrogen-bond acceptors (Lipinski definition) is 10. The van der Waals surface area contributed by atoms with Crippen molar-refractivity contribution >= 4 is 33.3 Å². The average Bonchev–Trinajstić information content (AvgIpc) is 3.60. The highest BCUT2D eigenvalue weighted by Gasteiger charge is 2.31. The fourth-order valence-corrected chi connectivity index (χ4v) is 7.01. The standard InChI is InChI=1S/C37H48N4O10S/c1-24-20-41(25(2)22-42)36(43)31-18-28(39-52(45,46)30-13-11-29(47-5)12-14-30)10-15-32(31)51-26(3)8-6-7-17-48-35(24)21-40(4)37(44)38-27-9-16-33-34(19-27)50-23-49-33/h9-16,18-19,24-26,35,39,42H,6-8,17,20-23H2,1-5H3,(H,38,44)/t24-,25-,26-,35+/m1/s1. The Bertz CT molecular complexity index is 1810. The number of nitrogens with one attached hydrogen (secondary N) is 2. The van der Waals surface area contributed by atoms with Crippen LogP contribution >= 0.6 is 0 Å². The first-order valence-electron chi connectivity index (χ1n) is 17.3. The number of amides is 3. The SMILES string of the molecule is COc1ccc(S(=O)(=O)Nc2ccc3c(c2)C(=O)N([C@H](C)CO)C[C@@H](C)[C@H](CN(C)C(=O)Nc2ccc4c(c2)OCO4)OCCCC[C@@H](C)O3)cc1. The highest BCUT2D eigenvalue weighted by atomic mass is 32.2. The van der Waals surface area contributed by atoms with E-state index < -0.39 is 28.1 Å². The summed E-state index contributed by atoms with van der Waals surface area (Å²) in [5.74, 6) is 1.23. The minimum absolute atomic E-state index is 0.0227. The van der Waals surface area contributed by atoms with Crippen LogP contribution in [0.4, 0.5) is 16.2 Å². The molecule has 5 rings (SSSR count). The average molecular weight is 741 g/mol. The maximum atomic E-state index is 14.4. The molecule has 0 radical (unpaired) electrons. The summed E-state index contributed by atoms with van der Waals surface area (Å²) in [4.78, 5) is 30.8. The van der Waals surface area contributed by atoms with Crippen molar-refractivity contribution in [2.24, 2.45) is 5.92 Å². The van der Waals surface area contributed by atoms with E-state index in [0.29, 0.717) is 41.7 Å². The molecule has 2 aliphatic heterocycles. The zero-order valence-corrected chi connectivity index (χ0v) is 31.0. The Morgan fingerprint density at radius 2 is 1.73 bits per heavy atom. The van der Waals surface area contributed by atoms with Gasteiger partial charge in [-0.2, -0.15) is 0 Å². The predicted octanol–water partition coefficient (Wildman–Crippen LogP) is 5.18. The smallest absolute Gasteiger partial charge is 0.321 e. The monoisotopic (exact) mass is 740 g/mol. The molecule has 3 N–H and O–H groups in total. The number of urea groups is 1. The van der Waals surface area contributed by atoms with Crippen molar-refractivity contribution in [3.63, 3.8) is 0 Å². The van der Waals surface area contributed by atoms with Crippen molar-refractivity contribution in [1.82, 2.24) is 9.80 Å². The summed E-state index contributed by atoms with van der Waals surface area (Å²) < 4.78 is 57.7. The number of anilines is 2. The lowest BCUT2D eigenvalue weighted by Crippen LogP contribution is -2.48. The van der Waals surface area contributed by atoms with Crippen molar-refractivity contribution in [3.8, 4) is 23.0 Å². The fraction of sp³-hybridized carbons (Fsp3) is 0.459. The van der Waals surface area contributed by atoms with Crippen molar-refractivity contribution in [2.45, 2.75) is 63.2 Å². The third-order valence-corrected chi connectivity index (χ3v) is 10.5. The van der Waals surface area contributed by atoms with Gasteiger partial charge in [-0.15, -0.1) is 0 Å². The lowest BCUT2D eigenvalue weighted by atomic mass is 10.0. The molecule has 0 bridgehead atoms. The van der Waals surface area contributed by atoms with E-state index >= 15 is 0 Å². The third kappa shape index (κ3) is 9.57. The molecule has 3 aromatic carbocycles. The van der Waals surface area contributed by atoms with Crippen LogP contribution < -0.4 is 29.0 Å². The summed E-state index contributed by atoms with van der Waals surface area (Å²) in [6, 6.07) is 14.8. The van der Waals surface area contributed by atoms with Crippen LogP contribution in [0.15, 0.2) is 65.6 Å². The Morgan fingerprint density at radius 3 is 2.46 bits per heavy atom. The Balaban J connectivity index is 1.38. The number of aliphatic hydroxyl groups excluding tert-OH is 1. The molecule has 15 heteroatoms. The number of ether oxygens (including phenoxy) is 5. The van der Waals surface area contributed by atoms with E-state index in [-0.39, 0.29) is 60.7 Å². The number of hydrogen-bond donors (Lipinski definition) is 3. The fourth-order valence-electron chi connectivity index (χ4n) is 5.96. The molecular weight excluding hydrogens is 692 g/mol. The van der Waals surface area contributed by atoms with E-state index in [1.165, 1.54) is 35.1 Å². The summed E-state index contributed by atoms with van der Waals surface area (Å²) in [7, 11) is -0.845. The first-order chi connectivity index (χ1) is 24.9. The van der Waals surface area contributed by atoms with E-state index in [1.807, 2.05) is 13.8 Å². The number of rotatable bonds is 9. The predicted molar refractivity (Wildman–Crippen MR) is 195 cm³/mol. The normalized spacial score (nSPS) is 20.2. The molecule has 282 valence electrons. The molecule has 2 aliphatic rings. The molecule has 14 nitrogen and oxygen atoms in total. The number of nitrogens with zero attached hydrogens (tertiary/aromatic N) is 2. The largest absolute Gasteiger partial charge is 0.497 e. The lowest BCUT2D eigenvalue weighted by molar-refractivity contribution is -0.0115. The first kappa shape index (κ1) is 38.5. The van der Waals surface area contributed by atoms with E-state index in [9.17, 15) is 23.1 Å². The second-order valence-corrected chi connectivity index (χ2v) is 14.9. The lowest BCUT2D eigenvalue weighted by Gasteiger charge is -2.35. The molecule has 0 saturated carbocycles. The number of fused-ring (bicyclic) bond motifs is 2. The van der Waals surface area contributed by atoms with E-state index in [0.717, 1.165) is 12.8 Å². The van der Waals surface area contributed by atoms with Crippen LogP contribution in [-0.4, -0.2) is 101 Å². The van der Waals surface area contributed by atoms with Gasteiger partial charge < -0.3 is 43.9 Å². The first-order valence-corrected chi connectivity index (χ1v) is 18.8. The summed E-state index contributed by atoms with van der Waals surface area (Å²) in [6.45, 7) is 6.21. The Labute approximate surface area is 305 Å². The number of benzene rings is 3. The summed E-state index contributed by atoms with van der Waals surface area (Å²) in [5.41, 5.74) is 0.862. The molecule has 0 aliphatic carbocycles. The van der Waals surface area contributed by atoms with E-state index in [2.05, 4.69) is 10.0 Å². The quantitative estimate of drug-likeness (QED) is 0.266. The second kappa shape index (κ2) is 17.2. The zero-order valence-electron chi connectivity index (χ0n) is 30.2. The molecule has 0 fully saturated rings. The molecular formula is C37H48N4O10S. The van der Waals surface area contributed by atoms with Gasteiger partial charge in [-0.05, 0) is 87.7 Å². The highest BCUT2D eigenvalue weighted by Crippen LogP contribution is 2.34. The van der Waals surface area contributed by atoms with Crippen LogP contribution in [0, 0.1) is 5.92 Å². The Morgan fingerprint density at radius 1 is 1.02 bits per heavy atom. The molecule has 4 atom stereocenters. The highest BCUT2D eigenvalue weighted by molar-refractivity contribution is 7.92. The number of aliphatic hydroxyl groups is 1. The molecule has 3 amide bonds. The van der Waals surface area contributed by atoms with Crippen LogP contribution in [0.5, 0.6) is 23.0 Å². The van der Waals surface area contributed by atoms with Gasteiger partial charge in [0.2, 0.25) is 6.79 Å². The van der Waals surface area contributed by atoms with Crippen molar-refractivity contribution in [2.75, 3.05) is 57.3 Å². The zero-order chi connectivity index (χ0) is 37.4. The van der Waals surface area contributed by atoms with Crippen LogP contribution in [0.25, 0.3) is 0 Å².